The summed E-state index contributed by atoms with van der Waals surface area (Å²) in [4.78, 5) is 0. The zero-order valence-corrected chi connectivity index (χ0v) is 10.5. The second-order valence-electron chi connectivity index (χ2n) is 4.39. The molecule has 0 aliphatic carbocycles. The Kier molecular flexibility index (Phi) is 3.63. The molecule has 2 aromatic carbocycles. The second kappa shape index (κ2) is 5.19. The first-order chi connectivity index (χ1) is 8.56. The molecule has 0 radical (unpaired) electrons. The molecule has 1 unspecified atom stereocenters. The topological polar surface area (TPSA) is 35.2 Å². The van der Waals surface area contributed by atoms with Crippen LogP contribution in [0, 0.1) is 12.7 Å². The lowest BCUT2D eigenvalue weighted by Gasteiger charge is -2.14. The maximum Gasteiger partial charge on any atom is 0.132 e. The Bertz CT molecular complexity index is 552. The van der Waals surface area contributed by atoms with Crippen molar-refractivity contribution < 1.29 is 9.13 Å². The number of ether oxygens (including phenoxy) is 1. The fraction of sp³-hybridized carbons (Fsp3) is 0.200. The molecule has 0 amide bonds. The summed E-state index contributed by atoms with van der Waals surface area (Å²) in [7, 11) is 0. The minimum absolute atomic E-state index is 0.277. The molecular formula is C15H16FNO. The van der Waals surface area contributed by atoms with Crippen molar-refractivity contribution in [3.63, 3.8) is 0 Å². The first-order valence-electron chi connectivity index (χ1n) is 5.86. The maximum atomic E-state index is 13.2. The Hall–Kier alpha value is -1.87. The third-order valence-electron chi connectivity index (χ3n) is 2.68. The minimum Gasteiger partial charge on any atom is -0.457 e. The van der Waals surface area contributed by atoms with Gasteiger partial charge in [-0.3, -0.25) is 0 Å². The van der Waals surface area contributed by atoms with E-state index in [0.717, 1.165) is 11.3 Å². The molecule has 94 valence electrons. The number of aryl methyl sites for hydroxylation is 1. The Morgan fingerprint density at radius 1 is 1.17 bits per heavy atom. The van der Waals surface area contributed by atoms with Crippen LogP contribution < -0.4 is 10.5 Å². The monoisotopic (exact) mass is 245 g/mol. The Morgan fingerprint density at radius 3 is 2.61 bits per heavy atom. The lowest BCUT2D eigenvalue weighted by atomic mass is 10.1. The third-order valence-corrected chi connectivity index (χ3v) is 2.68. The Morgan fingerprint density at radius 2 is 1.94 bits per heavy atom. The van der Waals surface area contributed by atoms with Gasteiger partial charge in [0.05, 0.1) is 0 Å². The van der Waals surface area contributed by atoms with Crippen molar-refractivity contribution in [2.45, 2.75) is 19.9 Å². The van der Waals surface area contributed by atoms with E-state index in [9.17, 15) is 4.39 Å². The average Bonchev–Trinajstić information content (AvgIpc) is 2.31. The van der Waals surface area contributed by atoms with Gasteiger partial charge in [0.2, 0.25) is 0 Å². The van der Waals surface area contributed by atoms with Crippen LogP contribution in [0.5, 0.6) is 11.5 Å². The molecule has 2 nitrogen and oxygen atoms in total. The lowest BCUT2D eigenvalue weighted by molar-refractivity contribution is 0.469. The highest BCUT2D eigenvalue weighted by Crippen LogP contribution is 2.29. The van der Waals surface area contributed by atoms with E-state index >= 15 is 0 Å². The van der Waals surface area contributed by atoms with Crippen molar-refractivity contribution in [1.29, 1.82) is 0 Å². The molecule has 0 saturated carbocycles. The maximum absolute atomic E-state index is 13.2. The van der Waals surface area contributed by atoms with E-state index in [4.69, 9.17) is 10.5 Å². The van der Waals surface area contributed by atoms with E-state index in [-0.39, 0.29) is 11.9 Å². The summed E-state index contributed by atoms with van der Waals surface area (Å²) in [5.41, 5.74) is 7.59. The van der Waals surface area contributed by atoms with Crippen LogP contribution in [0.2, 0.25) is 0 Å². The first kappa shape index (κ1) is 12.6. The molecule has 1 atom stereocenters. The summed E-state index contributed by atoms with van der Waals surface area (Å²) < 4.78 is 19.0. The molecule has 0 aromatic heterocycles. The highest BCUT2D eigenvalue weighted by atomic mass is 19.1. The number of hydrogen-bond donors (Lipinski definition) is 1. The zero-order valence-electron chi connectivity index (χ0n) is 10.5. The summed E-state index contributed by atoms with van der Waals surface area (Å²) in [6.45, 7) is 3.79. The molecule has 18 heavy (non-hydrogen) atoms. The van der Waals surface area contributed by atoms with Crippen molar-refractivity contribution in [2.75, 3.05) is 0 Å². The lowest BCUT2D eigenvalue weighted by Crippen LogP contribution is -2.07. The minimum atomic E-state index is -0.307. The molecule has 3 heteroatoms. The molecule has 2 rings (SSSR count). The molecule has 0 fully saturated rings. The molecule has 0 aliphatic heterocycles. The van der Waals surface area contributed by atoms with Gasteiger partial charge in [-0.2, -0.15) is 0 Å². The van der Waals surface area contributed by atoms with Crippen LogP contribution in [0.1, 0.15) is 24.1 Å². The standard InChI is InChI=1S/C15H16FNO/c1-10-4-3-5-13(8-10)18-15-7-6-12(16)9-14(15)11(2)17/h3-9,11H,17H2,1-2H3. The van der Waals surface area contributed by atoms with Crippen molar-refractivity contribution in [3.8, 4) is 11.5 Å². The number of rotatable bonds is 3. The smallest absolute Gasteiger partial charge is 0.132 e. The van der Waals surface area contributed by atoms with Crippen LogP contribution in [0.25, 0.3) is 0 Å². The number of nitrogens with two attached hydrogens (primary N) is 1. The van der Waals surface area contributed by atoms with E-state index in [1.807, 2.05) is 31.2 Å². The van der Waals surface area contributed by atoms with Gasteiger partial charge < -0.3 is 10.5 Å². The van der Waals surface area contributed by atoms with Gasteiger partial charge in [0.25, 0.3) is 0 Å². The molecular weight excluding hydrogens is 229 g/mol. The van der Waals surface area contributed by atoms with Gasteiger partial charge in [-0.25, -0.2) is 4.39 Å². The van der Waals surface area contributed by atoms with E-state index < -0.39 is 0 Å². The highest BCUT2D eigenvalue weighted by Gasteiger charge is 2.10. The first-order valence-corrected chi connectivity index (χ1v) is 5.86. The van der Waals surface area contributed by atoms with E-state index in [1.54, 1.807) is 13.0 Å². The fourth-order valence-corrected chi connectivity index (χ4v) is 1.77. The second-order valence-corrected chi connectivity index (χ2v) is 4.39. The van der Waals surface area contributed by atoms with Crippen LogP contribution in [-0.4, -0.2) is 0 Å². The van der Waals surface area contributed by atoms with E-state index in [0.29, 0.717) is 11.3 Å². The highest BCUT2D eigenvalue weighted by molar-refractivity contribution is 5.40. The summed E-state index contributed by atoms with van der Waals surface area (Å²) in [5.74, 6) is 1.01. The normalized spacial score (nSPS) is 12.2. The van der Waals surface area contributed by atoms with Gasteiger partial charge in [-0.05, 0) is 49.7 Å². The quantitative estimate of drug-likeness (QED) is 0.888. The van der Waals surface area contributed by atoms with Crippen molar-refractivity contribution >= 4 is 0 Å². The molecule has 0 heterocycles. The largest absolute Gasteiger partial charge is 0.457 e. The molecule has 0 aliphatic rings. The van der Waals surface area contributed by atoms with Gasteiger partial charge in [-0.1, -0.05) is 12.1 Å². The van der Waals surface area contributed by atoms with Gasteiger partial charge in [0.15, 0.2) is 0 Å². The van der Waals surface area contributed by atoms with Gasteiger partial charge in [0, 0.05) is 11.6 Å². The molecule has 0 bridgehead atoms. The Labute approximate surface area is 106 Å². The fourth-order valence-electron chi connectivity index (χ4n) is 1.77. The molecule has 0 saturated heterocycles. The van der Waals surface area contributed by atoms with Crippen LogP contribution in [0.4, 0.5) is 4.39 Å². The SMILES string of the molecule is Cc1cccc(Oc2ccc(F)cc2C(C)N)c1. The van der Waals surface area contributed by atoms with E-state index in [1.165, 1.54) is 12.1 Å². The molecule has 2 aromatic rings. The number of benzene rings is 2. The predicted octanol–water partition coefficient (Wildman–Crippen LogP) is 3.95. The molecule has 0 spiro atoms. The van der Waals surface area contributed by atoms with Crippen LogP contribution in [0.3, 0.4) is 0 Å². The summed E-state index contributed by atoms with van der Waals surface area (Å²) in [6, 6.07) is 11.8. The van der Waals surface area contributed by atoms with Crippen LogP contribution in [0.15, 0.2) is 42.5 Å². The van der Waals surface area contributed by atoms with Crippen molar-refractivity contribution in [3.05, 3.63) is 59.4 Å². The molecule has 2 N–H and O–H groups in total. The van der Waals surface area contributed by atoms with Gasteiger partial charge in [-0.15, -0.1) is 0 Å². The third kappa shape index (κ3) is 2.87. The average molecular weight is 245 g/mol. The predicted molar refractivity (Wildman–Crippen MR) is 70.3 cm³/mol. The van der Waals surface area contributed by atoms with Crippen molar-refractivity contribution in [2.24, 2.45) is 5.73 Å². The summed E-state index contributed by atoms with van der Waals surface area (Å²) >= 11 is 0. The number of halogens is 1. The summed E-state index contributed by atoms with van der Waals surface area (Å²) in [5, 5.41) is 0. The Balaban J connectivity index is 2.34. The summed E-state index contributed by atoms with van der Waals surface area (Å²) in [6.07, 6.45) is 0. The zero-order chi connectivity index (χ0) is 13.1. The van der Waals surface area contributed by atoms with Gasteiger partial charge >= 0.3 is 0 Å². The van der Waals surface area contributed by atoms with Gasteiger partial charge in [0.1, 0.15) is 17.3 Å². The van der Waals surface area contributed by atoms with E-state index in [2.05, 4.69) is 0 Å². The van der Waals surface area contributed by atoms with Crippen LogP contribution >= 0.6 is 0 Å². The van der Waals surface area contributed by atoms with Crippen LogP contribution in [-0.2, 0) is 0 Å². The van der Waals surface area contributed by atoms with Crippen molar-refractivity contribution in [1.82, 2.24) is 0 Å². The number of hydrogen-bond acceptors (Lipinski definition) is 2.